The Kier molecular flexibility index (Phi) is 4.31. The number of rotatable bonds is 5. The van der Waals surface area contributed by atoms with Gasteiger partial charge in [0.05, 0.1) is 6.61 Å². The Hall–Kier alpha value is -1.16. The summed E-state index contributed by atoms with van der Waals surface area (Å²) in [5, 5.41) is 12.6. The van der Waals surface area contributed by atoms with E-state index in [4.69, 9.17) is 0 Å². The first-order valence-corrected chi connectivity index (χ1v) is 6.55. The van der Waals surface area contributed by atoms with Crippen molar-refractivity contribution in [3.8, 4) is 0 Å². The molecule has 17 heavy (non-hydrogen) atoms. The van der Waals surface area contributed by atoms with Gasteiger partial charge in [0.1, 0.15) is 0 Å². The van der Waals surface area contributed by atoms with Crippen LogP contribution < -0.4 is 5.32 Å². The summed E-state index contributed by atoms with van der Waals surface area (Å²) in [6, 6.07) is 12.3. The van der Waals surface area contributed by atoms with Gasteiger partial charge < -0.3 is 10.4 Å². The Bertz CT molecular complexity index is 479. The third-order valence-corrected chi connectivity index (χ3v) is 3.70. The van der Waals surface area contributed by atoms with Gasteiger partial charge >= 0.3 is 0 Å². The molecule has 0 amide bonds. The predicted octanol–water partition coefficient (Wildman–Crippen LogP) is 2.84. The first-order valence-electron chi connectivity index (χ1n) is 5.73. The molecule has 2 nitrogen and oxygen atoms in total. The van der Waals surface area contributed by atoms with Crippen molar-refractivity contribution in [3.63, 3.8) is 0 Å². The van der Waals surface area contributed by atoms with E-state index in [-0.39, 0.29) is 6.61 Å². The molecule has 0 bridgehead atoms. The van der Waals surface area contributed by atoms with E-state index in [1.807, 2.05) is 29.5 Å². The molecule has 0 spiro atoms. The number of thiophene rings is 1. The van der Waals surface area contributed by atoms with Crippen molar-refractivity contribution in [2.75, 3.05) is 0 Å². The van der Waals surface area contributed by atoms with E-state index in [0.717, 1.165) is 18.7 Å². The molecule has 0 saturated heterocycles. The summed E-state index contributed by atoms with van der Waals surface area (Å²) in [4.78, 5) is 2.70. The molecular weight excluding hydrogens is 230 g/mol. The lowest BCUT2D eigenvalue weighted by molar-refractivity contribution is 0.280. The van der Waals surface area contributed by atoms with Crippen molar-refractivity contribution < 1.29 is 5.11 Å². The van der Waals surface area contributed by atoms with Crippen LogP contribution in [0.3, 0.4) is 0 Å². The highest BCUT2D eigenvalue weighted by Crippen LogP contribution is 2.15. The van der Waals surface area contributed by atoms with Crippen molar-refractivity contribution in [1.82, 2.24) is 5.32 Å². The van der Waals surface area contributed by atoms with Crippen LogP contribution in [0.4, 0.5) is 0 Å². The number of nitrogens with one attached hydrogen (secondary N) is 1. The van der Waals surface area contributed by atoms with Crippen molar-refractivity contribution in [1.29, 1.82) is 0 Å². The minimum atomic E-state index is 0.107. The van der Waals surface area contributed by atoms with E-state index < -0.39 is 0 Å². The Labute approximate surface area is 106 Å². The average Bonchev–Trinajstić information content (AvgIpc) is 2.76. The van der Waals surface area contributed by atoms with Gasteiger partial charge in [-0.3, -0.25) is 0 Å². The largest absolute Gasteiger partial charge is 0.392 e. The molecular formula is C14H17NOS. The third kappa shape index (κ3) is 3.40. The molecule has 2 rings (SSSR count). The maximum absolute atomic E-state index is 9.21. The molecule has 1 heterocycles. The van der Waals surface area contributed by atoms with Gasteiger partial charge in [-0.25, -0.2) is 0 Å². The second-order valence-corrected chi connectivity index (χ2v) is 5.42. The maximum Gasteiger partial charge on any atom is 0.0685 e. The lowest BCUT2D eigenvalue weighted by Gasteiger charge is -2.07. The number of aryl methyl sites for hydroxylation is 1. The molecule has 0 fully saturated rings. The minimum Gasteiger partial charge on any atom is -0.392 e. The first-order chi connectivity index (χ1) is 8.29. The number of benzene rings is 1. The predicted molar refractivity (Wildman–Crippen MR) is 72.0 cm³/mol. The second kappa shape index (κ2) is 5.96. The maximum atomic E-state index is 9.21. The van der Waals surface area contributed by atoms with Crippen molar-refractivity contribution >= 4 is 11.3 Å². The van der Waals surface area contributed by atoms with Crippen molar-refractivity contribution in [3.05, 3.63) is 57.3 Å². The Balaban J connectivity index is 1.89. The van der Waals surface area contributed by atoms with Crippen LogP contribution in [0.1, 0.15) is 20.9 Å². The highest BCUT2D eigenvalue weighted by molar-refractivity contribution is 7.11. The number of hydrogen-bond donors (Lipinski definition) is 2. The van der Waals surface area contributed by atoms with Gasteiger partial charge in [0, 0.05) is 22.8 Å². The molecule has 2 N–H and O–H groups in total. The van der Waals surface area contributed by atoms with Crippen LogP contribution in [0, 0.1) is 6.92 Å². The van der Waals surface area contributed by atoms with E-state index in [0.29, 0.717) is 0 Å². The molecule has 0 saturated carbocycles. The van der Waals surface area contributed by atoms with Crippen LogP contribution in [-0.2, 0) is 19.7 Å². The smallest absolute Gasteiger partial charge is 0.0685 e. The molecule has 0 unspecified atom stereocenters. The summed E-state index contributed by atoms with van der Waals surface area (Å²) in [7, 11) is 0. The van der Waals surface area contributed by atoms with E-state index >= 15 is 0 Å². The normalized spacial score (nSPS) is 10.7. The summed E-state index contributed by atoms with van der Waals surface area (Å²) in [6.07, 6.45) is 0. The highest BCUT2D eigenvalue weighted by atomic mass is 32.1. The summed E-state index contributed by atoms with van der Waals surface area (Å²) < 4.78 is 0. The fraction of sp³-hybridized carbons (Fsp3) is 0.286. The second-order valence-electron chi connectivity index (χ2n) is 4.04. The van der Waals surface area contributed by atoms with Crippen LogP contribution in [0.25, 0.3) is 0 Å². The van der Waals surface area contributed by atoms with Gasteiger partial charge in [0.15, 0.2) is 0 Å². The third-order valence-electron chi connectivity index (χ3n) is 2.70. The summed E-state index contributed by atoms with van der Waals surface area (Å²) in [5.41, 5.74) is 2.17. The zero-order valence-electron chi connectivity index (χ0n) is 9.94. The quantitative estimate of drug-likeness (QED) is 0.851. The van der Waals surface area contributed by atoms with Gasteiger partial charge in [-0.15, -0.1) is 11.3 Å². The molecule has 90 valence electrons. The van der Waals surface area contributed by atoms with Gasteiger partial charge in [0.2, 0.25) is 0 Å². The highest BCUT2D eigenvalue weighted by Gasteiger charge is 2.00. The zero-order valence-corrected chi connectivity index (χ0v) is 10.8. The molecule has 1 aromatic carbocycles. The van der Waals surface area contributed by atoms with Crippen LogP contribution >= 0.6 is 11.3 Å². The molecule has 0 radical (unpaired) electrons. The number of aliphatic hydroxyl groups excluding tert-OH is 1. The van der Waals surface area contributed by atoms with Gasteiger partial charge in [-0.05, 0) is 30.2 Å². The van der Waals surface area contributed by atoms with Crippen molar-refractivity contribution in [2.45, 2.75) is 26.6 Å². The lowest BCUT2D eigenvalue weighted by atomic mass is 10.1. The molecule has 3 heteroatoms. The SMILES string of the molecule is Cc1ccc(CNCc2ccccc2CO)s1. The lowest BCUT2D eigenvalue weighted by Crippen LogP contribution is -2.13. The summed E-state index contributed by atoms with van der Waals surface area (Å²) in [6.45, 7) is 3.91. The standard InChI is InChI=1S/C14H17NOS/c1-11-6-7-14(17-11)9-15-8-12-4-2-3-5-13(12)10-16/h2-7,15-16H,8-10H2,1H3. The van der Waals surface area contributed by atoms with Crippen LogP contribution in [0.15, 0.2) is 36.4 Å². The van der Waals surface area contributed by atoms with Gasteiger partial charge in [0.25, 0.3) is 0 Å². The van der Waals surface area contributed by atoms with Crippen molar-refractivity contribution in [2.24, 2.45) is 0 Å². The molecule has 0 atom stereocenters. The van der Waals surface area contributed by atoms with Crippen LogP contribution in [-0.4, -0.2) is 5.11 Å². The Morgan fingerprint density at radius 2 is 1.82 bits per heavy atom. The average molecular weight is 247 g/mol. The Morgan fingerprint density at radius 1 is 1.06 bits per heavy atom. The molecule has 0 aliphatic heterocycles. The van der Waals surface area contributed by atoms with E-state index in [9.17, 15) is 5.11 Å². The fourth-order valence-corrected chi connectivity index (χ4v) is 2.64. The minimum absolute atomic E-state index is 0.107. The number of hydrogen-bond acceptors (Lipinski definition) is 3. The van der Waals surface area contributed by atoms with E-state index in [1.165, 1.54) is 15.3 Å². The van der Waals surface area contributed by atoms with Crippen LogP contribution in [0.2, 0.25) is 0 Å². The van der Waals surface area contributed by atoms with E-state index in [1.54, 1.807) is 0 Å². The van der Waals surface area contributed by atoms with E-state index in [2.05, 4.69) is 30.4 Å². The first kappa shape index (κ1) is 12.3. The Morgan fingerprint density at radius 3 is 2.47 bits per heavy atom. The van der Waals surface area contributed by atoms with Crippen LogP contribution in [0.5, 0.6) is 0 Å². The van der Waals surface area contributed by atoms with Gasteiger partial charge in [-0.1, -0.05) is 24.3 Å². The zero-order chi connectivity index (χ0) is 12.1. The topological polar surface area (TPSA) is 32.3 Å². The fourth-order valence-electron chi connectivity index (χ4n) is 1.78. The summed E-state index contributed by atoms with van der Waals surface area (Å²) >= 11 is 1.82. The van der Waals surface area contributed by atoms with Gasteiger partial charge in [-0.2, -0.15) is 0 Å². The summed E-state index contributed by atoms with van der Waals surface area (Å²) in [5.74, 6) is 0. The monoisotopic (exact) mass is 247 g/mol. The molecule has 2 aromatic rings. The number of aliphatic hydroxyl groups is 1. The molecule has 1 aromatic heterocycles. The molecule has 0 aliphatic rings. The molecule has 0 aliphatic carbocycles.